The molecule has 8 heteroatoms. The van der Waals surface area contributed by atoms with Crippen molar-refractivity contribution in [1.82, 2.24) is 0 Å². The van der Waals surface area contributed by atoms with Gasteiger partial charge in [-0.2, -0.15) is 18.8 Å². The first kappa shape index (κ1) is 21.5. The van der Waals surface area contributed by atoms with Crippen molar-refractivity contribution in [3.63, 3.8) is 0 Å². The summed E-state index contributed by atoms with van der Waals surface area (Å²) in [6.45, 7) is 6.10. The summed E-state index contributed by atoms with van der Waals surface area (Å²) in [7, 11) is -4.18. The van der Waals surface area contributed by atoms with E-state index in [9.17, 15) is 18.6 Å². The van der Waals surface area contributed by atoms with Crippen LogP contribution in [0.2, 0.25) is 5.02 Å². The quantitative estimate of drug-likeness (QED) is 0.670. The van der Waals surface area contributed by atoms with E-state index in [-0.39, 0.29) is 20.9 Å². The lowest BCUT2D eigenvalue weighted by molar-refractivity contribution is -0.513. The van der Waals surface area contributed by atoms with Gasteiger partial charge in [-0.05, 0) is 52.3 Å². The molecule has 1 aliphatic heterocycles. The first-order valence-corrected chi connectivity index (χ1v) is 11.4. The maximum atomic E-state index is 13.1. The number of nitrogens with zero attached hydrogens (tertiary/aromatic N) is 1. The highest BCUT2D eigenvalue weighted by Gasteiger charge is 2.24. The van der Waals surface area contributed by atoms with Crippen LogP contribution >= 0.6 is 23.4 Å². The molecule has 0 radical (unpaired) electrons. The number of halogens is 1. The summed E-state index contributed by atoms with van der Waals surface area (Å²) in [6.07, 6.45) is 1.35. The second kappa shape index (κ2) is 7.89. The minimum Gasteiger partial charge on any atom is -0.883 e. The predicted octanol–water partition coefficient (Wildman–Crippen LogP) is 3.58. The zero-order valence-electron chi connectivity index (χ0n) is 16.0. The Balaban J connectivity index is 2.22. The fraction of sp³-hybridized carbons (Fsp3) is 0.190. The van der Waals surface area contributed by atoms with Gasteiger partial charge in [0.15, 0.2) is 0 Å². The second-order valence-electron chi connectivity index (χ2n) is 7.46. The molecular weight excluding hydrogens is 430 g/mol. The summed E-state index contributed by atoms with van der Waals surface area (Å²) >= 11 is 6.84. The van der Waals surface area contributed by atoms with E-state index < -0.39 is 16.0 Å². The smallest absolute Gasteiger partial charge is 0.283 e. The molecule has 3 rings (SSSR count). The number of benzene rings is 2. The van der Waals surface area contributed by atoms with Crippen LogP contribution in [0.4, 0.5) is 0 Å². The van der Waals surface area contributed by atoms with Gasteiger partial charge in [-0.1, -0.05) is 62.3 Å². The lowest BCUT2D eigenvalue weighted by Crippen LogP contribution is -2.22. The molecular formula is C21H18ClNO4S2-2. The third kappa shape index (κ3) is 4.69. The van der Waals surface area contributed by atoms with Gasteiger partial charge in [0.05, 0.1) is 10.6 Å². The maximum Gasteiger partial charge on any atom is 0.283 e. The number of rotatable bonds is 3. The summed E-state index contributed by atoms with van der Waals surface area (Å²) < 4.78 is 30.0. The van der Waals surface area contributed by atoms with Crippen LogP contribution in [-0.2, 0) is 15.4 Å². The van der Waals surface area contributed by atoms with E-state index in [2.05, 4.69) is 4.40 Å². The van der Waals surface area contributed by atoms with Gasteiger partial charge in [-0.3, -0.25) is 0 Å². The van der Waals surface area contributed by atoms with E-state index in [1.807, 2.05) is 26.8 Å². The second-order valence-corrected chi connectivity index (χ2v) is 10.4. The molecule has 2 aromatic rings. The normalized spacial score (nSPS) is 15.9. The van der Waals surface area contributed by atoms with E-state index in [4.69, 9.17) is 11.6 Å². The third-order valence-electron chi connectivity index (χ3n) is 4.33. The highest BCUT2D eigenvalue weighted by atomic mass is 35.5. The minimum absolute atomic E-state index is 0.0108. The molecule has 0 amide bonds. The first-order chi connectivity index (χ1) is 13.5. The van der Waals surface area contributed by atoms with Crippen LogP contribution in [0.3, 0.4) is 0 Å². The number of hydrogen-bond donors (Lipinski definition) is 0. The van der Waals surface area contributed by atoms with Crippen molar-refractivity contribution in [3.05, 3.63) is 75.4 Å². The Morgan fingerprint density at radius 2 is 1.72 bits per heavy atom. The van der Waals surface area contributed by atoms with E-state index in [0.29, 0.717) is 16.1 Å². The largest absolute Gasteiger partial charge is 0.883 e. The molecule has 0 saturated carbocycles. The van der Waals surface area contributed by atoms with Gasteiger partial charge in [-0.15, -0.1) is 0 Å². The highest BCUT2D eigenvalue weighted by molar-refractivity contribution is 8.07. The molecule has 0 atom stereocenters. The lowest BCUT2D eigenvalue weighted by atomic mass is 9.85. The topological polar surface area (TPSA) is 92.6 Å². The van der Waals surface area contributed by atoms with Gasteiger partial charge in [0.25, 0.3) is 10.0 Å². The molecule has 29 heavy (non-hydrogen) atoms. The number of sulfonamides is 1. The number of hydrogen-bond acceptors (Lipinski definition) is 5. The average Bonchev–Trinajstić information content (AvgIpc) is 3.09. The fourth-order valence-electron chi connectivity index (χ4n) is 2.78. The molecule has 1 heterocycles. The molecule has 0 unspecified atom stereocenters. The summed E-state index contributed by atoms with van der Waals surface area (Å²) in [5.74, 6) is -1.46. The SMILES string of the molecule is CC(C)(C)c1ccc(S(=O)(=O)/N=C2\C=CSC2=C([O-])[O-])c(-c2ccc(Cl)cc2)c1. The van der Waals surface area contributed by atoms with Crippen molar-refractivity contribution >= 4 is 39.1 Å². The van der Waals surface area contributed by atoms with Crippen molar-refractivity contribution in [2.75, 3.05) is 0 Å². The molecule has 0 fully saturated rings. The van der Waals surface area contributed by atoms with E-state index in [0.717, 1.165) is 17.3 Å². The summed E-state index contributed by atoms with van der Waals surface area (Å²) in [6, 6.07) is 11.9. The monoisotopic (exact) mass is 447 g/mol. The molecule has 152 valence electrons. The Hall–Kier alpha value is -2.22. The molecule has 0 N–H and O–H groups in total. The molecule has 5 nitrogen and oxygen atoms in total. The van der Waals surface area contributed by atoms with Crippen molar-refractivity contribution < 1.29 is 18.6 Å². The van der Waals surface area contributed by atoms with Gasteiger partial charge in [0, 0.05) is 15.5 Å². The predicted molar refractivity (Wildman–Crippen MR) is 114 cm³/mol. The highest BCUT2D eigenvalue weighted by Crippen LogP contribution is 2.35. The van der Waals surface area contributed by atoms with Crippen LogP contribution in [-0.4, -0.2) is 14.1 Å². The zero-order chi connectivity index (χ0) is 21.4. The average molecular weight is 448 g/mol. The fourth-order valence-corrected chi connectivity index (χ4v) is 4.83. The molecule has 2 aromatic carbocycles. The maximum absolute atomic E-state index is 13.1. The van der Waals surface area contributed by atoms with E-state index in [1.54, 1.807) is 30.3 Å². The Kier molecular flexibility index (Phi) is 5.85. The van der Waals surface area contributed by atoms with Crippen LogP contribution in [0.15, 0.2) is 74.1 Å². The summed E-state index contributed by atoms with van der Waals surface area (Å²) in [4.78, 5) is -0.240. The Labute approximate surface area is 179 Å². The Morgan fingerprint density at radius 1 is 1.07 bits per heavy atom. The first-order valence-electron chi connectivity index (χ1n) is 8.66. The van der Waals surface area contributed by atoms with Crippen molar-refractivity contribution in [3.8, 4) is 11.1 Å². The molecule has 0 saturated heterocycles. The third-order valence-corrected chi connectivity index (χ3v) is 6.81. The van der Waals surface area contributed by atoms with Gasteiger partial charge in [0.1, 0.15) is 0 Å². The molecule has 0 spiro atoms. The van der Waals surface area contributed by atoms with Crippen LogP contribution in [0, 0.1) is 0 Å². The number of allylic oxidation sites excluding steroid dienone is 2. The van der Waals surface area contributed by atoms with Crippen molar-refractivity contribution in [1.29, 1.82) is 0 Å². The zero-order valence-corrected chi connectivity index (χ0v) is 18.4. The molecule has 0 aliphatic carbocycles. The van der Waals surface area contributed by atoms with Gasteiger partial charge in [0.2, 0.25) is 0 Å². The standard InChI is InChI=1S/C21H20ClNO4S2/c1-21(2,3)14-6-9-18(16(12-14)13-4-7-15(22)8-5-13)29(26,27)23-17-10-11-28-19(17)20(24)25/h4-12,24-25H,1-3H3/p-2/b23-17+. The summed E-state index contributed by atoms with van der Waals surface area (Å²) in [5.41, 5.74) is 1.75. The Morgan fingerprint density at radius 3 is 2.31 bits per heavy atom. The van der Waals surface area contributed by atoms with Crippen LogP contribution in [0.5, 0.6) is 0 Å². The molecule has 1 aliphatic rings. The van der Waals surface area contributed by atoms with Crippen molar-refractivity contribution in [2.24, 2.45) is 4.40 Å². The summed E-state index contributed by atoms with van der Waals surface area (Å²) in [5, 5.41) is 24.4. The van der Waals surface area contributed by atoms with Crippen LogP contribution < -0.4 is 10.2 Å². The van der Waals surface area contributed by atoms with Crippen LogP contribution in [0.1, 0.15) is 26.3 Å². The van der Waals surface area contributed by atoms with Gasteiger partial charge in [-0.25, -0.2) is 0 Å². The van der Waals surface area contributed by atoms with Gasteiger partial charge >= 0.3 is 0 Å². The van der Waals surface area contributed by atoms with E-state index in [1.165, 1.54) is 17.6 Å². The minimum atomic E-state index is -4.18. The lowest BCUT2D eigenvalue weighted by Gasteiger charge is -2.22. The van der Waals surface area contributed by atoms with Crippen LogP contribution in [0.25, 0.3) is 11.1 Å². The molecule has 0 bridgehead atoms. The Bertz CT molecular complexity index is 1140. The molecule has 0 aromatic heterocycles. The van der Waals surface area contributed by atoms with Gasteiger partial charge < -0.3 is 10.2 Å². The van der Waals surface area contributed by atoms with E-state index >= 15 is 0 Å². The van der Waals surface area contributed by atoms with Crippen molar-refractivity contribution in [2.45, 2.75) is 31.1 Å². The number of thioether (sulfide) groups is 1.